The first kappa shape index (κ1) is 11.9. The molecule has 1 fully saturated rings. The Hall–Kier alpha value is -1.62. The van der Waals surface area contributed by atoms with E-state index in [9.17, 15) is 14.3 Å². The van der Waals surface area contributed by atoms with Crippen LogP contribution in [0.5, 0.6) is 5.75 Å². The molecule has 17 heavy (non-hydrogen) atoms. The second-order valence-corrected chi connectivity index (χ2v) is 4.65. The fourth-order valence-corrected chi connectivity index (χ4v) is 1.64. The summed E-state index contributed by atoms with van der Waals surface area (Å²) >= 11 is 0. The summed E-state index contributed by atoms with van der Waals surface area (Å²) < 4.78 is 17.8. The molecule has 0 atom stereocenters. The van der Waals surface area contributed by atoms with Crippen molar-refractivity contribution in [3.8, 4) is 5.75 Å². The zero-order valence-corrected chi connectivity index (χ0v) is 9.50. The lowest BCUT2D eigenvalue weighted by Crippen LogP contribution is -2.48. The maximum atomic E-state index is 12.7. The van der Waals surface area contributed by atoms with Gasteiger partial charge in [-0.15, -0.1) is 0 Å². The molecule has 92 valence electrons. The lowest BCUT2D eigenvalue weighted by atomic mass is 9.88. The first-order chi connectivity index (χ1) is 8.00. The fraction of sp³-hybridized carbons (Fsp3) is 0.417. The Kier molecular flexibility index (Phi) is 3.02. The van der Waals surface area contributed by atoms with Gasteiger partial charge in [0.2, 0.25) is 0 Å². The summed E-state index contributed by atoms with van der Waals surface area (Å²) in [5.74, 6) is -1.33. The average molecular weight is 239 g/mol. The Morgan fingerprint density at radius 2 is 2.29 bits per heavy atom. The Balaban J connectivity index is 1.99. The van der Waals surface area contributed by atoms with Gasteiger partial charge in [0.05, 0.1) is 18.8 Å². The van der Waals surface area contributed by atoms with Crippen LogP contribution in [0.2, 0.25) is 0 Å². The van der Waals surface area contributed by atoms with Gasteiger partial charge in [0.25, 0.3) is 5.91 Å². The van der Waals surface area contributed by atoms with E-state index in [4.69, 9.17) is 4.74 Å². The molecule has 0 bridgehead atoms. The van der Waals surface area contributed by atoms with Crippen LogP contribution >= 0.6 is 0 Å². The summed E-state index contributed by atoms with van der Waals surface area (Å²) in [4.78, 5) is 11.7. The molecular formula is C12H14FNO3. The maximum Gasteiger partial charge on any atom is 0.255 e. The van der Waals surface area contributed by atoms with E-state index < -0.39 is 11.7 Å². The minimum atomic E-state index is -0.571. The molecule has 2 N–H and O–H groups in total. The first-order valence-electron chi connectivity index (χ1n) is 5.35. The highest BCUT2D eigenvalue weighted by atomic mass is 19.1. The highest BCUT2D eigenvalue weighted by Crippen LogP contribution is 2.25. The van der Waals surface area contributed by atoms with E-state index in [1.165, 1.54) is 6.07 Å². The van der Waals surface area contributed by atoms with E-state index in [-0.39, 0.29) is 16.7 Å². The van der Waals surface area contributed by atoms with Gasteiger partial charge in [-0.2, -0.15) is 0 Å². The third-order valence-electron chi connectivity index (χ3n) is 2.78. The van der Waals surface area contributed by atoms with Crippen molar-refractivity contribution in [2.45, 2.75) is 6.92 Å². The summed E-state index contributed by atoms with van der Waals surface area (Å²) in [6.07, 6.45) is 0. The number of hydrogen-bond acceptors (Lipinski definition) is 3. The lowest BCUT2D eigenvalue weighted by Gasteiger charge is -2.38. The van der Waals surface area contributed by atoms with Crippen LogP contribution in [0.25, 0.3) is 0 Å². The number of halogens is 1. The Bertz CT molecular complexity index is 443. The van der Waals surface area contributed by atoms with Crippen LogP contribution in [0.1, 0.15) is 17.3 Å². The Morgan fingerprint density at radius 1 is 1.59 bits per heavy atom. The van der Waals surface area contributed by atoms with Gasteiger partial charge in [-0.1, -0.05) is 6.92 Å². The van der Waals surface area contributed by atoms with Gasteiger partial charge >= 0.3 is 0 Å². The van der Waals surface area contributed by atoms with Gasteiger partial charge in [-0.25, -0.2) is 4.39 Å². The summed E-state index contributed by atoms with van der Waals surface area (Å²) in [6, 6.07) is 3.32. The third-order valence-corrected chi connectivity index (χ3v) is 2.78. The van der Waals surface area contributed by atoms with Gasteiger partial charge < -0.3 is 15.2 Å². The summed E-state index contributed by atoms with van der Waals surface area (Å²) in [5, 5.41) is 12.1. The number of carbonyl (C=O) groups is 1. The van der Waals surface area contributed by atoms with E-state index in [0.29, 0.717) is 19.8 Å². The van der Waals surface area contributed by atoms with Crippen molar-refractivity contribution >= 4 is 5.91 Å². The van der Waals surface area contributed by atoms with Crippen molar-refractivity contribution in [1.29, 1.82) is 0 Å². The van der Waals surface area contributed by atoms with Crippen LogP contribution in [0, 0.1) is 11.2 Å². The van der Waals surface area contributed by atoms with Crippen LogP contribution in [0.4, 0.5) is 4.39 Å². The van der Waals surface area contributed by atoms with Gasteiger partial charge in [-0.05, 0) is 12.1 Å². The number of phenolic OH excluding ortho intramolecular Hbond substituents is 1. The molecule has 1 saturated heterocycles. The van der Waals surface area contributed by atoms with E-state index in [1.54, 1.807) is 0 Å². The number of aromatic hydroxyl groups is 1. The molecule has 0 aliphatic carbocycles. The highest BCUT2D eigenvalue weighted by molar-refractivity contribution is 5.96. The third kappa shape index (κ3) is 2.55. The molecule has 1 heterocycles. The van der Waals surface area contributed by atoms with Gasteiger partial charge in [0.15, 0.2) is 0 Å². The van der Waals surface area contributed by atoms with Crippen LogP contribution < -0.4 is 5.32 Å². The smallest absolute Gasteiger partial charge is 0.255 e. The van der Waals surface area contributed by atoms with Crippen LogP contribution in [-0.2, 0) is 4.74 Å². The standard InChI is InChI=1S/C12H14FNO3/c1-12(6-17-7-12)5-14-11(16)9-3-2-8(13)4-10(9)15/h2-4,15H,5-7H2,1H3,(H,14,16). The molecule has 2 rings (SSSR count). The quantitative estimate of drug-likeness (QED) is 0.835. The zero-order valence-electron chi connectivity index (χ0n) is 9.50. The number of carbonyl (C=O) groups excluding carboxylic acids is 1. The topological polar surface area (TPSA) is 58.6 Å². The predicted molar refractivity (Wildman–Crippen MR) is 59.3 cm³/mol. The minimum absolute atomic E-state index is 0.0364. The summed E-state index contributed by atoms with van der Waals surface area (Å²) in [6.45, 7) is 3.70. The predicted octanol–water partition coefficient (Wildman–Crippen LogP) is 1.30. The summed E-state index contributed by atoms with van der Waals surface area (Å²) in [7, 11) is 0. The Morgan fingerprint density at radius 3 is 2.82 bits per heavy atom. The van der Waals surface area contributed by atoms with Gasteiger partial charge in [0, 0.05) is 18.0 Å². The van der Waals surface area contributed by atoms with Crippen molar-refractivity contribution in [3.63, 3.8) is 0 Å². The highest BCUT2D eigenvalue weighted by Gasteiger charge is 2.33. The molecule has 1 aromatic rings. The van der Waals surface area contributed by atoms with E-state index in [0.717, 1.165) is 12.1 Å². The SMILES string of the molecule is CC1(CNC(=O)c2ccc(F)cc2O)COC1. The molecular weight excluding hydrogens is 225 g/mol. The van der Waals surface area contributed by atoms with Crippen LogP contribution in [0.15, 0.2) is 18.2 Å². The molecule has 0 aromatic heterocycles. The first-order valence-corrected chi connectivity index (χ1v) is 5.35. The number of benzene rings is 1. The number of rotatable bonds is 3. The number of phenols is 1. The average Bonchev–Trinajstić information content (AvgIpc) is 2.23. The number of hydrogen-bond donors (Lipinski definition) is 2. The number of amides is 1. The van der Waals surface area contributed by atoms with Crippen molar-refractivity contribution in [3.05, 3.63) is 29.6 Å². The molecule has 1 aromatic carbocycles. The lowest BCUT2D eigenvalue weighted by molar-refractivity contribution is -0.0978. The van der Waals surface area contributed by atoms with Crippen molar-refractivity contribution in [2.24, 2.45) is 5.41 Å². The molecule has 0 unspecified atom stereocenters. The van der Waals surface area contributed by atoms with Crippen molar-refractivity contribution in [2.75, 3.05) is 19.8 Å². The van der Waals surface area contributed by atoms with Gasteiger partial charge in [-0.3, -0.25) is 4.79 Å². The van der Waals surface area contributed by atoms with Crippen molar-refractivity contribution < 1.29 is 19.0 Å². The molecule has 5 heteroatoms. The number of nitrogens with one attached hydrogen (secondary N) is 1. The van der Waals surface area contributed by atoms with E-state index in [2.05, 4.69) is 5.32 Å². The van der Waals surface area contributed by atoms with Crippen LogP contribution in [-0.4, -0.2) is 30.8 Å². The summed E-state index contributed by atoms with van der Waals surface area (Å²) in [5.41, 5.74) is 0.0425. The fourth-order valence-electron chi connectivity index (χ4n) is 1.64. The normalized spacial score (nSPS) is 17.3. The van der Waals surface area contributed by atoms with Crippen LogP contribution in [0.3, 0.4) is 0 Å². The molecule has 1 aliphatic rings. The van der Waals surface area contributed by atoms with E-state index in [1.807, 2.05) is 6.92 Å². The minimum Gasteiger partial charge on any atom is -0.507 e. The molecule has 1 aliphatic heterocycles. The van der Waals surface area contributed by atoms with Gasteiger partial charge in [0.1, 0.15) is 11.6 Å². The van der Waals surface area contributed by atoms with E-state index >= 15 is 0 Å². The molecule has 0 spiro atoms. The largest absolute Gasteiger partial charge is 0.507 e. The van der Waals surface area contributed by atoms with Crippen molar-refractivity contribution in [1.82, 2.24) is 5.32 Å². The zero-order chi connectivity index (χ0) is 12.5. The Labute approximate surface area is 98.4 Å². The monoisotopic (exact) mass is 239 g/mol. The molecule has 4 nitrogen and oxygen atoms in total. The molecule has 1 amide bonds. The second-order valence-electron chi connectivity index (χ2n) is 4.65. The number of ether oxygens (including phenoxy) is 1. The molecule has 0 radical (unpaired) electrons. The maximum absolute atomic E-state index is 12.7. The molecule has 0 saturated carbocycles. The second kappa shape index (κ2) is 4.33.